The van der Waals surface area contributed by atoms with Crippen LogP contribution in [0, 0.1) is 11.9 Å². The lowest BCUT2D eigenvalue weighted by atomic mass is 10.1. The Kier molecular flexibility index (Phi) is 5.30. The molecule has 0 aliphatic rings. The fourth-order valence-corrected chi connectivity index (χ4v) is 2.96. The third kappa shape index (κ3) is 4.21. The molecule has 24 heavy (non-hydrogen) atoms. The molecule has 1 nitrogen and oxygen atoms in total. The zero-order valence-electron chi connectivity index (χ0n) is 12.3. The van der Waals surface area contributed by atoms with Crippen molar-refractivity contribution in [1.29, 1.82) is 0 Å². The molecule has 0 amide bonds. The average Bonchev–Trinajstić information content (AvgIpc) is 2.52. The Labute approximate surface area is 154 Å². The summed E-state index contributed by atoms with van der Waals surface area (Å²) in [5, 5.41) is 1.56. The van der Waals surface area contributed by atoms with E-state index in [1.807, 2.05) is 12.1 Å². The fourth-order valence-electron chi connectivity index (χ4n) is 2.24. The van der Waals surface area contributed by atoms with Gasteiger partial charge in [-0.1, -0.05) is 53.0 Å². The van der Waals surface area contributed by atoms with E-state index in [2.05, 4.69) is 6.07 Å². The van der Waals surface area contributed by atoms with Crippen molar-refractivity contribution in [3.63, 3.8) is 0 Å². The molecule has 0 fully saturated rings. The van der Waals surface area contributed by atoms with Gasteiger partial charge in [0.1, 0.15) is 18.2 Å². The first kappa shape index (κ1) is 17.1. The second kappa shape index (κ2) is 7.43. The van der Waals surface area contributed by atoms with Gasteiger partial charge in [-0.3, -0.25) is 0 Å². The Balaban J connectivity index is 1.86. The van der Waals surface area contributed by atoms with Crippen LogP contribution in [-0.4, -0.2) is 0 Å². The van der Waals surface area contributed by atoms with Crippen LogP contribution in [0.15, 0.2) is 54.6 Å². The summed E-state index contributed by atoms with van der Waals surface area (Å²) < 4.78 is 19.6. The third-order valence-electron chi connectivity index (χ3n) is 3.33. The second-order valence-electron chi connectivity index (χ2n) is 5.12. The lowest BCUT2D eigenvalue weighted by Gasteiger charge is -2.10. The van der Waals surface area contributed by atoms with Crippen molar-refractivity contribution in [2.24, 2.45) is 0 Å². The minimum atomic E-state index is -0.528. The van der Waals surface area contributed by atoms with E-state index in [0.717, 1.165) is 5.56 Å². The molecule has 1 radical (unpaired) electrons. The Morgan fingerprint density at radius 1 is 0.917 bits per heavy atom. The number of ether oxygens (including phenoxy) is 1. The van der Waals surface area contributed by atoms with E-state index in [4.69, 9.17) is 39.5 Å². The summed E-state index contributed by atoms with van der Waals surface area (Å²) in [4.78, 5) is 0. The lowest BCUT2D eigenvalue weighted by Crippen LogP contribution is -1.96. The summed E-state index contributed by atoms with van der Waals surface area (Å²) in [7, 11) is 0. The Morgan fingerprint density at radius 3 is 2.46 bits per heavy atom. The van der Waals surface area contributed by atoms with Gasteiger partial charge in [-0.2, -0.15) is 0 Å². The van der Waals surface area contributed by atoms with E-state index >= 15 is 0 Å². The molecule has 121 valence electrons. The van der Waals surface area contributed by atoms with Crippen molar-refractivity contribution >= 4 is 34.8 Å². The van der Waals surface area contributed by atoms with E-state index in [1.165, 1.54) is 6.07 Å². The summed E-state index contributed by atoms with van der Waals surface area (Å²) in [6, 6.07) is 17.9. The molecule has 0 atom stereocenters. The molecule has 3 aromatic carbocycles. The van der Waals surface area contributed by atoms with Crippen molar-refractivity contribution < 1.29 is 9.13 Å². The van der Waals surface area contributed by atoms with Crippen LogP contribution in [0.25, 0.3) is 11.1 Å². The number of halogens is 4. The van der Waals surface area contributed by atoms with Gasteiger partial charge in [-0.25, -0.2) is 4.39 Å². The monoisotopic (exact) mass is 379 g/mol. The Hall–Kier alpha value is -1.74. The topological polar surface area (TPSA) is 9.23 Å². The van der Waals surface area contributed by atoms with Crippen molar-refractivity contribution in [3.05, 3.63) is 87.1 Å². The molecule has 0 aromatic heterocycles. The standard InChI is InChI=1S/C19H11Cl3FO/c20-14-3-1-2-12(6-14)11-24-17-8-13(7-16(23)10-17)18-5-4-15(21)9-19(18)22/h1-6,8-10H,11H2. The van der Waals surface area contributed by atoms with Gasteiger partial charge in [0.15, 0.2) is 0 Å². The largest absolute Gasteiger partial charge is 0.489 e. The van der Waals surface area contributed by atoms with Gasteiger partial charge >= 0.3 is 0 Å². The zero-order chi connectivity index (χ0) is 17.1. The summed E-state index contributed by atoms with van der Waals surface area (Å²) in [5.41, 5.74) is 2.02. The number of hydrogen-bond acceptors (Lipinski definition) is 1. The minimum absolute atomic E-state index is 0.276. The third-order valence-corrected chi connectivity index (χ3v) is 4.11. The molecule has 0 bridgehead atoms. The quantitative estimate of drug-likeness (QED) is 0.482. The molecular weight excluding hydrogens is 370 g/mol. The zero-order valence-corrected chi connectivity index (χ0v) is 14.6. The Bertz CT molecular complexity index is 880. The SMILES string of the molecule is Fc1[c]c(-c2ccc(Cl)cc2Cl)cc(OCc2cccc(Cl)c2)c1. The molecule has 3 aromatic rings. The normalized spacial score (nSPS) is 10.7. The van der Waals surface area contributed by atoms with E-state index in [-0.39, 0.29) is 6.61 Å². The van der Waals surface area contributed by atoms with Gasteiger partial charge < -0.3 is 4.74 Å². The first-order valence-corrected chi connectivity index (χ1v) is 8.20. The van der Waals surface area contributed by atoms with E-state index in [9.17, 15) is 4.39 Å². The number of benzene rings is 3. The van der Waals surface area contributed by atoms with Crippen LogP contribution in [0.3, 0.4) is 0 Å². The van der Waals surface area contributed by atoms with Gasteiger partial charge in [0.25, 0.3) is 0 Å². The van der Waals surface area contributed by atoms with Gasteiger partial charge in [0, 0.05) is 32.8 Å². The lowest BCUT2D eigenvalue weighted by molar-refractivity contribution is 0.304. The van der Waals surface area contributed by atoms with Crippen LogP contribution in [0.2, 0.25) is 15.1 Å². The molecule has 0 heterocycles. The predicted molar refractivity (Wildman–Crippen MR) is 96.5 cm³/mol. The number of hydrogen-bond donors (Lipinski definition) is 0. The molecule has 0 N–H and O–H groups in total. The fraction of sp³-hybridized carbons (Fsp3) is 0.0526. The first-order valence-electron chi connectivity index (χ1n) is 7.07. The maximum atomic E-state index is 13.9. The summed E-state index contributed by atoms with van der Waals surface area (Å²) in [6.07, 6.45) is 0. The molecule has 5 heteroatoms. The average molecular weight is 381 g/mol. The van der Waals surface area contributed by atoms with Gasteiger partial charge in [-0.15, -0.1) is 0 Å². The summed E-state index contributed by atoms with van der Waals surface area (Å²) in [6.45, 7) is 0.276. The molecule has 0 saturated carbocycles. The van der Waals surface area contributed by atoms with Gasteiger partial charge in [-0.05, 0) is 41.5 Å². The minimum Gasteiger partial charge on any atom is -0.489 e. The van der Waals surface area contributed by atoms with Crippen LogP contribution in [0.4, 0.5) is 4.39 Å². The molecule has 0 spiro atoms. The molecule has 0 aliphatic carbocycles. The van der Waals surface area contributed by atoms with Crippen LogP contribution >= 0.6 is 34.8 Å². The van der Waals surface area contributed by atoms with E-state index in [1.54, 1.807) is 36.4 Å². The van der Waals surface area contributed by atoms with E-state index < -0.39 is 5.82 Å². The van der Waals surface area contributed by atoms with Crippen LogP contribution in [0.1, 0.15) is 5.56 Å². The van der Waals surface area contributed by atoms with Crippen LogP contribution in [0.5, 0.6) is 5.75 Å². The van der Waals surface area contributed by atoms with Crippen molar-refractivity contribution in [2.45, 2.75) is 6.61 Å². The highest BCUT2D eigenvalue weighted by molar-refractivity contribution is 6.36. The maximum Gasteiger partial charge on any atom is 0.135 e. The molecule has 3 rings (SSSR count). The molecule has 0 unspecified atom stereocenters. The van der Waals surface area contributed by atoms with Gasteiger partial charge in [0.05, 0.1) is 0 Å². The highest BCUT2D eigenvalue weighted by atomic mass is 35.5. The first-order chi connectivity index (χ1) is 11.5. The Morgan fingerprint density at radius 2 is 1.71 bits per heavy atom. The van der Waals surface area contributed by atoms with Crippen molar-refractivity contribution in [3.8, 4) is 16.9 Å². The van der Waals surface area contributed by atoms with Crippen molar-refractivity contribution in [2.75, 3.05) is 0 Å². The number of rotatable bonds is 4. The van der Waals surface area contributed by atoms with Crippen LogP contribution in [-0.2, 0) is 6.61 Å². The van der Waals surface area contributed by atoms with Crippen LogP contribution < -0.4 is 4.74 Å². The highest BCUT2D eigenvalue weighted by Gasteiger charge is 2.09. The predicted octanol–water partition coefficient (Wildman–Crippen LogP) is 6.83. The summed E-state index contributed by atoms with van der Waals surface area (Å²) in [5.74, 6) is -0.146. The molecule has 0 saturated heterocycles. The summed E-state index contributed by atoms with van der Waals surface area (Å²) >= 11 is 18.0. The highest BCUT2D eigenvalue weighted by Crippen LogP contribution is 2.32. The van der Waals surface area contributed by atoms with Crippen molar-refractivity contribution in [1.82, 2.24) is 0 Å². The van der Waals surface area contributed by atoms with E-state index in [0.29, 0.717) is 31.9 Å². The maximum absolute atomic E-state index is 13.9. The smallest absolute Gasteiger partial charge is 0.135 e. The molecular formula is C19H11Cl3FO. The van der Waals surface area contributed by atoms with Gasteiger partial charge in [0.2, 0.25) is 0 Å². The molecule has 0 aliphatic heterocycles. The second-order valence-corrected chi connectivity index (χ2v) is 6.40.